The van der Waals surface area contributed by atoms with Gasteiger partial charge in [-0.05, 0) is 61.9 Å². The number of hydrogen-bond donors (Lipinski definition) is 9. The van der Waals surface area contributed by atoms with Crippen LogP contribution in [0, 0.1) is 5.92 Å². The van der Waals surface area contributed by atoms with Crippen LogP contribution in [0.25, 0.3) is 0 Å². The summed E-state index contributed by atoms with van der Waals surface area (Å²) in [6, 6.07) is 1.13. The Labute approximate surface area is 292 Å². The molecular weight excluding hydrogens is 648 g/mol. The topological polar surface area (TPSA) is 276 Å². The Hall–Kier alpha value is -5.19. The van der Waals surface area contributed by atoms with Crippen molar-refractivity contribution in [3.63, 3.8) is 0 Å². The summed E-state index contributed by atoms with van der Waals surface area (Å²) in [5.41, 5.74) is 17.2. The van der Waals surface area contributed by atoms with E-state index >= 15 is 0 Å². The number of unbranched alkanes of at least 4 members (excludes halogenated alkanes) is 2. The summed E-state index contributed by atoms with van der Waals surface area (Å²) in [7, 11) is 1.42. The molecule has 0 spiro atoms. The number of carbonyl (C=O) groups excluding carboxylic acids is 6. The van der Waals surface area contributed by atoms with E-state index in [2.05, 4.69) is 38.2 Å². The number of aliphatic imine (C=N–C) groups is 1. The quantitative estimate of drug-likeness (QED) is 0.0549. The van der Waals surface area contributed by atoms with Gasteiger partial charge in [-0.15, -0.1) is 0 Å². The zero-order valence-electron chi connectivity index (χ0n) is 29.0. The summed E-state index contributed by atoms with van der Waals surface area (Å²) < 4.78 is 0. The average Bonchev–Trinajstić information content (AvgIpc) is 3.05. The smallest absolute Gasteiger partial charge is 0.252 e. The van der Waals surface area contributed by atoms with Gasteiger partial charge in [0.25, 0.3) is 5.91 Å². The first-order valence-corrected chi connectivity index (χ1v) is 16.6. The van der Waals surface area contributed by atoms with Crippen molar-refractivity contribution < 1.29 is 33.9 Å². The first-order chi connectivity index (χ1) is 23.6. The Kier molecular flexibility index (Phi) is 16.7. The van der Waals surface area contributed by atoms with E-state index in [-0.39, 0.29) is 61.2 Å². The van der Waals surface area contributed by atoms with Crippen molar-refractivity contribution in [1.82, 2.24) is 26.2 Å². The molecule has 1 aliphatic heterocycles. The molecule has 1 aliphatic rings. The third-order valence-electron chi connectivity index (χ3n) is 7.90. The fourth-order valence-electron chi connectivity index (χ4n) is 5.22. The van der Waals surface area contributed by atoms with Crippen molar-refractivity contribution in [2.24, 2.45) is 28.1 Å². The van der Waals surface area contributed by atoms with Gasteiger partial charge < -0.3 is 53.8 Å². The van der Waals surface area contributed by atoms with Gasteiger partial charge in [-0.3, -0.25) is 33.8 Å². The molecule has 12 N–H and O–H groups in total. The van der Waals surface area contributed by atoms with Gasteiger partial charge in [-0.25, -0.2) is 0 Å². The molecule has 0 unspecified atom stereocenters. The molecule has 2 bridgehead atoms. The summed E-state index contributed by atoms with van der Waals surface area (Å²) in [6.07, 6.45) is 2.50. The van der Waals surface area contributed by atoms with E-state index in [4.69, 9.17) is 17.2 Å². The molecule has 0 radical (unpaired) electrons. The largest absolute Gasteiger partial charge is 0.513 e. The van der Waals surface area contributed by atoms with Crippen molar-refractivity contribution in [3.05, 3.63) is 41.7 Å². The lowest BCUT2D eigenvalue weighted by atomic mass is 9.99. The van der Waals surface area contributed by atoms with Gasteiger partial charge in [0.1, 0.15) is 18.1 Å². The molecule has 2 rings (SSSR count). The molecule has 0 aromatic heterocycles. The van der Waals surface area contributed by atoms with Gasteiger partial charge in [0, 0.05) is 44.2 Å². The van der Waals surface area contributed by atoms with Crippen LogP contribution in [0.1, 0.15) is 74.7 Å². The van der Waals surface area contributed by atoms with Crippen molar-refractivity contribution in [2.75, 3.05) is 32.0 Å². The molecule has 0 aliphatic carbocycles. The van der Waals surface area contributed by atoms with Gasteiger partial charge >= 0.3 is 0 Å². The minimum Gasteiger partial charge on any atom is -0.513 e. The molecule has 1 heterocycles. The molecule has 17 heteroatoms. The van der Waals surface area contributed by atoms with Crippen molar-refractivity contribution >= 4 is 47.1 Å². The number of amides is 6. The third-order valence-corrected chi connectivity index (χ3v) is 7.90. The van der Waals surface area contributed by atoms with E-state index < -0.39 is 60.1 Å². The van der Waals surface area contributed by atoms with Gasteiger partial charge in [-0.2, -0.15) is 0 Å². The van der Waals surface area contributed by atoms with Crippen LogP contribution in [-0.4, -0.2) is 96.2 Å². The zero-order valence-corrected chi connectivity index (χ0v) is 29.0. The Morgan fingerprint density at radius 2 is 1.72 bits per heavy atom. The van der Waals surface area contributed by atoms with Crippen LogP contribution in [0.4, 0.5) is 5.69 Å². The maximum atomic E-state index is 13.9. The van der Waals surface area contributed by atoms with E-state index in [9.17, 15) is 33.9 Å². The Morgan fingerprint density at radius 3 is 2.36 bits per heavy atom. The molecule has 6 amide bonds. The second-order valence-corrected chi connectivity index (χ2v) is 12.5. The number of anilines is 1. The zero-order chi connectivity index (χ0) is 37.4. The summed E-state index contributed by atoms with van der Waals surface area (Å²) in [4.78, 5) is 85.0. The minimum absolute atomic E-state index is 0.0949. The Balaban J connectivity index is 2.55. The highest BCUT2D eigenvalue weighted by atomic mass is 16.3. The number of rotatable bonds is 13. The van der Waals surface area contributed by atoms with E-state index in [1.54, 1.807) is 19.9 Å². The van der Waals surface area contributed by atoms with Crippen LogP contribution in [0.15, 0.2) is 35.5 Å². The van der Waals surface area contributed by atoms with Crippen LogP contribution in [0.3, 0.4) is 0 Å². The number of benzene rings is 1. The normalized spacial score (nSPS) is 19.3. The molecule has 50 heavy (non-hydrogen) atoms. The van der Waals surface area contributed by atoms with Crippen LogP contribution in [0.5, 0.6) is 0 Å². The molecule has 3 atom stereocenters. The highest BCUT2D eigenvalue weighted by Gasteiger charge is 2.34. The number of aliphatic hydroxyl groups excluding tert-OH is 1. The highest BCUT2D eigenvalue weighted by Crippen LogP contribution is 2.19. The average molecular weight is 701 g/mol. The molecule has 276 valence electrons. The van der Waals surface area contributed by atoms with Crippen molar-refractivity contribution in [2.45, 2.75) is 83.5 Å². The number of aliphatic hydroxyl groups is 1. The van der Waals surface area contributed by atoms with E-state index in [0.717, 1.165) is 12.8 Å². The second kappa shape index (κ2) is 20.4. The lowest BCUT2D eigenvalue weighted by molar-refractivity contribution is -0.141. The monoisotopic (exact) mass is 700 g/mol. The second-order valence-electron chi connectivity index (χ2n) is 12.5. The number of carbonyl (C=O) groups is 6. The van der Waals surface area contributed by atoms with Crippen molar-refractivity contribution in [3.8, 4) is 0 Å². The maximum Gasteiger partial charge on any atom is 0.252 e. The lowest BCUT2D eigenvalue weighted by Gasteiger charge is -2.32. The van der Waals surface area contributed by atoms with Gasteiger partial charge in [0.15, 0.2) is 5.96 Å². The highest BCUT2D eigenvalue weighted by molar-refractivity contribution is 6.00. The molecule has 1 aromatic rings. The number of nitrogens with one attached hydrogen (secondary N) is 5. The van der Waals surface area contributed by atoms with E-state index in [1.165, 1.54) is 24.1 Å². The lowest BCUT2D eigenvalue weighted by Crippen LogP contribution is -2.57. The predicted molar refractivity (Wildman–Crippen MR) is 188 cm³/mol. The van der Waals surface area contributed by atoms with E-state index in [0.29, 0.717) is 24.9 Å². The Morgan fingerprint density at radius 1 is 1.02 bits per heavy atom. The number of hydrogen-bond acceptors (Lipinski definition) is 9. The predicted octanol–water partition coefficient (Wildman–Crippen LogP) is -0.528. The minimum atomic E-state index is -1.26. The first-order valence-electron chi connectivity index (χ1n) is 16.6. The number of likely N-dealkylation sites (N-methyl/N-ethyl adjacent to an activating group) is 1. The Bertz CT molecular complexity index is 1430. The standard InChI is InChI=1S/C33H52N10O7/c1-19(2)28-32(50)43(4)25(9-8-12-37-33(35)36)31(49)39-18-27(46)41-24(13-20(3)44)30(48)38-17-21-14-22(29(47)42-28)16-23(15-21)40-26(45)10-6-5-7-11-34/h14-16,19,24-25,28,44H,3,5-13,17-18,34H2,1-2,4H3,(H,38,48)(H,39,49)(H,40,45)(H,41,46)(H,42,47)(H4,35,36,37)/t24-,25-,28+/m0/s1. The first kappa shape index (κ1) is 41.0. The maximum absolute atomic E-state index is 13.9. The van der Waals surface area contributed by atoms with Gasteiger partial charge in [0.05, 0.1) is 12.3 Å². The SMILES string of the molecule is C=C(O)C[C@@H]1NC(=O)CNC(=O)[C@H](CCCN=C(N)N)N(C)C(=O)[C@@H](C(C)C)NC(=O)c2cc(cc(NC(=O)CCCCCN)c2)CNC1=O. The fourth-order valence-corrected chi connectivity index (χ4v) is 5.22. The summed E-state index contributed by atoms with van der Waals surface area (Å²) in [6.45, 7) is 6.90. The van der Waals surface area contributed by atoms with Gasteiger partial charge in [0.2, 0.25) is 29.5 Å². The molecule has 17 nitrogen and oxygen atoms in total. The molecule has 0 saturated carbocycles. The van der Waals surface area contributed by atoms with Crippen LogP contribution in [-0.2, 0) is 30.5 Å². The fraction of sp³-hybridized carbons (Fsp3) is 0.545. The molecule has 0 fully saturated rings. The van der Waals surface area contributed by atoms with Crippen LogP contribution >= 0.6 is 0 Å². The molecule has 0 saturated heterocycles. The number of nitrogens with zero attached hydrogens (tertiary/aromatic N) is 2. The molecular formula is C33H52N10O7. The number of nitrogens with two attached hydrogens (primary N) is 3. The van der Waals surface area contributed by atoms with Gasteiger partial charge in [-0.1, -0.05) is 26.8 Å². The third kappa shape index (κ3) is 13.7. The van der Waals surface area contributed by atoms with Crippen molar-refractivity contribution in [1.29, 1.82) is 0 Å². The summed E-state index contributed by atoms with van der Waals surface area (Å²) in [5.74, 6) is -4.47. The summed E-state index contributed by atoms with van der Waals surface area (Å²) in [5, 5.41) is 23.1. The number of guanidine groups is 1. The van der Waals surface area contributed by atoms with E-state index in [1.807, 2.05) is 0 Å². The van der Waals surface area contributed by atoms with Crippen LogP contribution in [0.2, 0.25) is 0 Å². The summed E-state index contributed by atoms with van der Waals surface area (Å²) >= 11 is 0. The van der Waals surface area contributed by atoms with Crippen LogP contribution < -0.4 is 43.8 Å². The number of fused-ring (bicyclic) bond motifs is 2. The molecule has 1 aromatic carbocycles.